The second kappa shape index (κ2) is 7.70. The Morgan fingerprint density at radius 2 is 2.12 bits per heavy atom. The standard InChI is InChI=1S/C17H22BrN3O4/c1-3-4-9-24-16(22)21(2)17(7-10-23-11-8-17)15-20-14-12(25-15)5-6-13(18)19-14/h5-6H,3-4,7-11H2,1-2H3. The Balaban J connectivity index is 1.92. The second-order valence-corrected chi connectivity index (χ2v) is 6.96. The van der Waals surface area contributed by atoms with Crippen LogP contribution in [0.25, 0.3) is 11.2 Å². The fourth-order valence-electron chi connectivity index (χ4n) is 2.97. The van der Waals surface area contributed by atoms with Gasteiger partial charge in [-0.2, -0.15) is 4.98 Å². The number of carbonyl (C=O) groups is 1. The van der Waals surface area contributed by atoms with Crippen molar-refractivity contribution >= 4 is 33.3 Å². The van der Waals surface area contributed by atoms with E-state index in [4.69, 9.17) is 13.9 Å². The van der Waals surface area contributed by atoms with Gasteiger partial charge in [-0.15, -0.1) is 0 Å². The first-order valence-electron chi connectivity index (χ1n) is 8.49. The summed E-state index contributed by atoms with van der Waals surface area (Å²) in [6.07, 6.45) is 2.64. The van der Waals surface area contributed by atoms with Crippen molar-refractivity contribution in [2.24, 2.45) is 0 Å². The van der Waals surface area contributed by atoms with Crippen molar-refractivity contribution in [2.45, 2.75) is 38.1 Å². The van der Waals surface area contributed by atoms with Crippen molar-refractivity contribution in [1.82, 2.24) is 14.9 Å². The summed E-state index contributed by atoms with van der Waals surface area (Å²) in [5.74, 6) is 0.478. The lowest BCUT2D eigenvalue weighted by molar-refractivity contribution is -0.0321. The van der Waals surface area contributed by atoms with Crippen LogP contribution in [0.2, 0.25) is 0 Å². The second-order valence-electron chi connectivity index (χ2n) is 6.15. The highest BCUT2D eigenvalue weighted by atomic mass is 79.9. The van der Waals surface area contributed by atoms with Crippen LogP contribution in [0, 0.1) is 0 Å². The van der Waals surface area contributed by atoms with E-state index in [2.05, 4.69) is 32.8 Å². The number of pyridine rings is 1. The molecule has 1 fully saturated rings. The van der Waals surface area contributed by atoms with E-state index < -0.39 is 5.54 Å². The average Bonchev–Trinajstić information content (AvgIpc) is 3.05. The van der Waals surface area contributed by atoms with Crippen molar-refractivity contribution < 1.29 is 18.7 Å². The van der Waals surface area contributed by atoms with Crippen LogP contribution in [-0.2, 0) is 15.0 Å². The predicted molar refractivity (Wildman–Crippen MR) is 95.3 cm³/mol. The summed E-state index contributed by atoms with van der Waals surface area (Å²) >= 11 is 3.34. The highest BCUT2D eigenvalue weighted by molar-refractivity contribution is 9.10. The number of rotatable bonds is 5. The zero-order chi connectivity index (χ0) is 17.9. The summed E-state index contributed by atoms with van der Waals surface area (Å²) in [6, 6.07) is 3.62. The van der Waals surface area contributed by atoms with Crippen LogP contribution in [0.5, 0.6) is 0 Å². The number of fused-ring (bicyclic) bond motifs is 1. The van der Waals surface area contributed by atoms with Crippen LogP contribution in [0.15, 0.2) is 21.2 Å². The van der Waals surface area contributed by atoms with Crippen LogP contribution in [0.4, 0.5) is 4.79 Å². The number of amides is 1. The number of hydrogen-bond acceptors (Lipinski definition) is 6. The molecule has 8 heteroatoms. The molecule has 0 spiro atoms. The maximum absolute atomic E-state index is 12.5. The highest BCUT2D eigenvalue weighted by Crippen LogP contribution is 2.38. The Morgan fingerprint density at radius 3 is 2.84 bits per heavy atom. The minimum Gasteiger partial charge on any atom is -0.449 e. The number of aromatic nitrogens is 2. The lowest BCUT2D eigenvalue weighted by atomic mass is 9.88. The first kappa shape index (κ1) is 18.1. The quantitative estimate of drug-likeness (QED) is 0.548. The number of oxazole rings is 1. The molecule has 3 rings (SSSR count). The van der Waals surface area contributed by atoms with Gasteiger partial charge < -0.3 is 13.9 Å². The summed E-state index contributed by atoms with van der Waals surface area (Å²) in [5, 5.41) is 0. The molecular weight excluding hydrogens is 390 g/mol. The molecule has 0 N–H and O–H groups in total. The molecule has 1 aliphatic heterocycles. The molecule has 3 heterocycles. The number of ether oxygens (including phenoxy) is 2. The lowest BCUT2D eigenvalue weighted by Gasteiger charge is -2.41. The van der Waals surface area contributed by atoms with E-state index in [1.165, 1.54) is 0 Å². The van der Waals surface area contributed by atoms with E-state index in [-0.39, 0.29) is 6.09 Å². The fraction of sp³-hybridized carbons (Fsp3) is 0.588. The van der Waals surface area contributed by atoms with Crippen molar-refractivity contribution in [2.75, 3.05) is 26.9 Å². The van der Waals surface area contributed by atoms with Crippen LogP contribution >= 0.6 is 15.9 Å². The highest BCUT2D eigenvalue weighted by Gasteiger charge is 2.46. The SMILES string of the molecule is CCCCOC(=O)N(C)C1(c2nc3nc(Br)ccc3o2)CCOCC1. The number of hydrogen-bond donors (Lipinski definition) is 0. The molecule has 0 aromatic carbocycles. The molecular formula is C17H22BrN3O4. The summed E-state index contributed by atoms with van der Waals surface area (Å²) in [7, 11) is 1.73. The van der Waals surface area contributed by atoms with Gasteiger partial charge in [0.15, 0.2) is 11.2 Å². The fourth-order valence-corrected chi connectivity index (χ4v) is 3.27. The summed E-state index contributed by atoms with van der Waals surface area (Å²) in [6.45, 7) is 3.53. The van der Waals surface area contributed by atoms with Gasteiger partial charge in [-0.25, -0.2) is 9.78 Å². The van der Waals surface area contributed by atoms with Crippen LogP contribution < -0.4 is 0 Å². The normalized spacial score (nSPS) is 16.8. The van der Waals surface area contributed by atoms with Gasteiger partial charge in [0.05, 0.1) is 6.61 Å². The van der Waals surface area contributed by atoms with Gasteiger partial charge >= 0.3 is 6.09 Å². The molecule has 0 unspecified atom stereocenters. The molecule has 2 aromatic rings. The van der Waals surface area contributed by atoms with E-state index in [0.717, 1.165) is 12.8 Å². The molecule has 136 valence electrons. The van der Waals surface area contributed by atoms with Gasteiger partial charge in [0.25, 0.3) is 0 Å². The first-order valence-corrected chi connectivity index (χ1v) is 9.28. The van der Waals surface area contributed by atoms with Gasteiger partial charge in [-0.3, -0.25) is 4.90 Å². The summed E-state index contributed by atoms with van der Waals surface area (Å²) in [4.78, 5) is 23.0. The molecule has 0 aliphatic carbocycles. The average molecular weight is 412 g/mol. The number of nitrogens with zero attached hydrogens (tertiary/aromatic N) is 3. The van der Waals surface area contributed by atoms with Crippen molar-refractivity contribution in [1.29, 1.82) is 0 Å². The van der Waals surface area contributed by atoms with Gasteiger partial charge in [0, 0.05) is 33.1 Å². The van der Waals surface area contributed by atoms with Gasteiger partial charge in [0.2, 0.25) is 5.89 Å². The minimum absolute atomic E-state index is 0.369. The molecule has 25 heavy (non-hydrogen) atoms. The minimum atomic E-state index is -0.686. The maximum atomic E-state index is 12.5. The van der Waals surface area contributed by atoms with E-state index >= 15 is 0 Å². The van der Waals surface area contributed by atoms with Crippen LogP contribution in [-0.4, -0.2) is 47.8 Å². The van der Waals surface area contributed by atoms with E-state index in [1.807, 2.05) is 6.07 Å². The van der Waals surface area contributed by atoms with E-state index in [0.29, 0.717) is 54.4 Å². The van der Waals surface area contributed by atoms with E-state index in [1.54, 1.807) is 18.0 Å². The van der Waals surface area contributed by atoms with Gasteiger partial charge in [0.1, 0.15) is 10.1 Å². The Labute approximate surface area is 154 Å². The Morgan fingerprint density at radius 1 is 1.36 bits per heavy atom. The van der Waals surface area contributed by atoms with Gasteiger partial charge in [-0.1, -0.05) is 13.3 Å². The van der Waals surface area contributed by atoms with E-state index in [9.17, 15) is 4.79 Å². The first-order chi connectivity index (χ1) is 12.1. The third-order valence-corrected chi connectivity index (χ3v) is 5.02. The topological polar surface area (TPSA) is 77.7 Å². The molecule has 2 aromatic heterocycles. The van der Waals surface area contributed by atoms with Gasteiger partial charge in [-0.05, 0) is 34.5 Å². The van der Waals surface area contributed by atoms with Crippen molar-refractivity contribution in [3.05, 3.63) is 22.6 Å². The molecule has 7 nitrogen and oxygen atoms in total. The zero-order valence-corrected chi connectivity index (χ0v) is 16.0. The van der Waals surface area contributed by atoms with Crippen molar-refractivity contribution in [3.8, 4) is 0 Å². The Hall–Kier alpha value is -1.67. The largest absolute Gasteiger partial charge is 0.449 e. The predicted octanol–water partition coefficient (Wildman–Crippen LogP) is 3.86. The molecule has 0 radical (unpaired) electrons. The Kier molecular flexibility index (Phi) is 5.58. The molecule has 0 atom stereocenters. The molecule has 0 saturated carbocycles. The molecule has 1 aliphatic rings. The summed E-state index contributed by atoms with van der Waals surface area (Å²) in [5.41, 5.74) is 0.425. The van der Waals surface area contributed by atoms with Crippen molar-refractivity contribution in [3.63, 3.8) is 0 Å². The van der Waals surface area contributed by atoms with Crippen LogP contribution in [0.1, 0.15) is 38.5 Å². The summed E-state index contributed by atoms with van der Waals surface area (Å²) < 4.78 is 17.5. The number of carbonyl (C=O) groups excluding carboxylic acids is 1. The lowest BCUT2D eigenvalue weighted by Crippen LogP contribution is -2.51. The Bertz CT molecular complexity index is 743. The monoisotopic (exact) mass is 411 g/mol. The number of halogens is 1. The maximum Gasteiger partial charge on any atom is 0.410 e. The third-order valence-electron chi connectivity index (χ3n) is 4.58. The smallest absolute Gasteiger partial charge is 0.410 e. The third kappa shape index (κ3) is 3.64. The molecule has 0 bridgehead atoms. The molecule has 1 amide bonds. The van der Waals surface area contributed by atoms with Crippen LogP contribution in [0.3, 0.4) is 0 Å². The number of unbranched alkanes of at least 4 members (excludes halogenated alkanes) is 1. The zero-order valence-electron chi connectivity index (χ0n) is 14.5. The molecule has 1 saturated heterocycles.